The summed E-state index contributed by atoms with van der Waals surface area (Å²) in [6, 6.07) is 10.7. The Morgan fingerprint density at radius 1 is 1.28 bits per heavy atom. The van der Waals surface area contributed by atoms with Gasteiger partial charge in [-0.3, -0.25) is 4.90 Å². The van der Waals surface area contributed by atoms with Gasteiger partial charge in [-0.15, -0.1) is 11.3 Å². The first kappa shape index (κ1) is 22.0. The molecule has 29 heavy (non-hydrogen) atoms. The fourth-order valence-corrected chi connectivity index (χ4v) is 5.61. The first-order valence-corrected chi connectivity index (χ1v) is 12.3. The van der Waals surface area contributed by atoms with E-state index >= 15 is 0 Å². The molecule has 1 fully saturated rings. The van der Waals surface area contributed by atoms with E-state index in [0.717, 1.165) is 25.9 Å². The van der Waals surface area contributed by atoms with Crippen LogP contribution in [0.5, 0.6) is 0 Å². The molecule has 1 saturated heterocycles. The molecule has 1 N–H and O–H groups in total. The van der Waals surface area contributed by atoms with Gasteiger partial charge in [-0.1, -0.05) is 25.1 Å². The fraction of sp³-hybridized carbons (Fsp3) is 0.476. The maximum atomic E-state index is 12.7. The van der Waals surface area contributed by atoms with Crippen molar-refractivity contribution in [2.24, 2.45) is 5.92 Å². The number of thiophene rings is 1. The summed E-state index contributed by atoms with van der Waals surface area (Å²) >= 11 is 1.66. The standard InChI is InChI=1S/C21H28N2O4S2/c1-16-8-10-23(11-9-16)19(20-7-4-12-28-20)14-22-29(25,26)15-17-5-3-6-18(13-17)21(24)27-2/h3-7,12-13,16,19,22H,8-11,14-15H2,1-2H3. The van der Waals surface area contributed by atoms with Gasteiger partial charge in [0.2, 0.25) is 10.0 Å². The lowest BCUT2D eigenvalue weighted by Gasteiger charge is -2.36. The molecule has 0 bridgehead atoms. The molecule has 0 radical (unpaired) electrons. The van der Waals surface area contributed by atoms with Crippen LogP contribution < -0.4 is 4.72 Å². The molecule has 0 spiro atoms. The number of methoxy groups -OCH3 is 1. The highest BCUT2D eigenvalue weighted by molar-refractivity contribution is 7.88. The number of carbonyl (C=O) groups is 1. The number of hydrogen-bond donors (Lipinski definition) is 1. The van der Waals surface area contributed by atoms with Crippen molar-refractivity contribution in [2.75, 3.05) is 26.7 Å². The van der Waals surface area contributed by atoms with Gasteiger partial charge in [0.15, 0.2) is 0 Å². The van der Waals surface area contributed by atoms with Crippen LogP contribution in [0.4, 0.5) is 0 Å². The number of rotatable bonds is 8. The minimum atomic E-state index is -3.54. The number of piperidine rings is 1. The van der Waals surface area contributed by atoms with Crippen LogP contribution in [-0.4, -0.2) is 46.0 Å². The summed E-state index contributed by atoms with van der Waals surface area (Å²) in [6.45, 7) is 4.57. The molecular formula is C21H28N2O4S2. The van der Waals surface area contributed by atoms with Gasteiger partial charge in [0, 0.05) is 11.4 Å². The van der Waals surface area contributed by atoms with Gasteiger partial charge in [-0.05, 0) is 61.0 Å². The fourth-order valence-electron chi connectivity index (χ4n) is 3.61. The van der Waals surface area contributed by atoms with Crippen LogP contribution in [0.2, 0.25) is 0 Å². The van der Waals surface area contributed by atoms with E-state index in [-0.39, 0.29) is 11.8 Å². The molecule has 6 nitrogen and oxygen atoms in total. The van der Waals surface area contributed by atoms with Crippen LogP contribution in [0.1, 0.15) is 46.6 Å². The molecule has 2 aromatic rings. The maximum absolute atomic E-state index is 12.7. The van der Waals surface area contributed by atoms with Crippen LogP contribution in [0.15, 0.2) is 41.8 Å². The summed E-state index contributed by atoms with van der Waals surface area (Å²) in [5.74, 6) is 0.0646. The van der Waals surface area contributed by atoms with Gasteiger partial charge in [0.25, 0.3) is 0 Å². The number of hydrogen-bond acceptors (Lipinski definition) is 6. The molecule has 3 rings (SSSR count). The zero-order valence-electron chi connectivity index (χ0n) is 16.8. The second-order valence-electron chi connectivity index (χ2n) is 7.55. The average Bonchev–Trinajstić information content (AvgIpc) is 3.23. The van der Waals surface area contributed by atoms with Gasteiger partial charge < -0.3 is 4.74 Å². The Hall–Kier alpha value is -1.74. The van der Waals surface area contributed by atoms with Gasteiger partial charge in [-0.25, -0.2) is 17.9 Å². The molecule has 1 aliphatic heterocycles. The number of sulfonamides is 1. The Balaban J connectivity index is 1.67. The molecule has 1 aromatic carbocycles. The first-order valence-electron chi connectivity index (χ1n) is 9.80. The van der Waals surface area contributed by atoms with Crippen molar-refractivity contribution in [2.45, 2.75) is 31.6 Å². The lowest BCUT2D eigenvalue weighted by Crippen LogP contribution is -2.41. The lowest BCUT2D eigenvalue weighted by molar-refractivity contribution is 0.0600. The highest BCUT2D eigenvalue weighted by Gasteiger charge is 2.26. The van der Waals surface area contributed by atoms with E-state index in [1.807, 2.05) is 11.4 Å². The third-order valence-corrected chi connectivity index (χ3v) is 7.63. The molecule has 8 heteroatoms. The summed E-state index contributed by atoms with van der Waals surface area (Å²) in [5, 5.41) is 2.03. The van der Waals surface area contributed by atoms with E-state index in [9.17, 15) is 13.2 Å². The molecule has 158 valence electrons. The van der Waals surface area contributed by atoms with Gasteiger partial charge >= 0.3 is 5.97 Å². The summed E-state index contributed by atoms with van der Waals surface area (Å²) < 4.78 is 32.9. The van der Waals surface area contributed by atoms with Gasteiger partial charge in [0.1, 0.15) is 0 Å². The monoisotopic (exact) mass is 436 g/mol. The number of esters is 1. The van der Waals surface area contributed by atoms with Gasteiger partial charge in [-0.2, -0.15) is 0 Å². The molecule has 0 amide bonds. The van der Waals surface area contributed by atoms with Crippen molar-refractivity contribution in [1.29, 1.82) is 0 Å². The molecule has 0 saturated carbocycles. The van der Waals surface area contributed by atoms with Crippen LogP contribution in [0.25, 0.3) is 0 Å². The average molecular weight is 437 g/mol. The van der Waals surface area contributed by atoms with E-state index in [1.165, 1.54) is 12.0 Å². The van der Waals surface area contributed by atoms with Crippen LogP contribution in [0, 0.1) is 5.92 Å². The van der Waals surface area contributed by atoms with Crippen molar-refractivity contribution >= 4 is 27.3 Å². The summed E-state index contributed by atoms with van der Waals surface area (Å²) in [7, 11) is -2.24. The predicted molar refractivity (Wildman–Crippen MR) is 115 cm³/mol. The number of likely N-dealkylation sites (tertiary alicyclic amines) is 1. The summed E-state index contributed by atoms with van der Waals surface area (Å²) in [5.41, 5.74) is 0.902. The van der Waals surface area contributed by atoms with E-state index in [1.54, 1.807) is 35.6 Å². The normalized spacial score (nSPS) is 17.2. The molecule has 1 atom stereocenters. The summed E-state index contributed by atoms with van der Waals surface area (Å²) in [4.78, 5) is 15.2. The van der Waals surface area contributed by atoms with Gasteiger partial charge in [0.05, 0.1) is 24.5 Å². The molecule has 1 aromatic heterocycles. The topological polar surface area (TPSA) is 75.7 Å². The zero-order chi connectivity index (χ0) is 20.9. The van der Waals surface area contributed by atoms with E-state index in [2.05, 4.69) is 22.6 Å². The number of carbonyl (C=O) groups excluding carboxylic acids is 1. The van der Waals surface area contributed by atoms with Crippen molar-refractivity contribution in [3.8, 4) is 0 Å². The highest BCUT2D eigenvalue weighted by Crippen LogP contribution is 2.29. The molecule has 2 heterocycles. The molecule has 1 aliphatic rings. The second-order valence-corrected chi connectivity index (χ2v) is 10.3. The van der Waals surface area contributed by atoms with E-state index in [4.69, 9.17) is 4.74 Å². The molecule has 0 aliphatic carbocycles. The Morgan fingerprint density at radius 2 is 2.03 bits per heavy atom. The Labute approximate surface area is 176 Å². The largest absolute Gasteiger partial charge is 0.465 e. The Kier molecular flexibility index (Phi) is 7.45. The van der Waals surface area contributed by atoms with Crippen LogP contribution in [0.3, 0.4) is 0 Å². The Bertz CT molecular complexity index is 905. The predicted octanol–water partition coefficient (Wildman–Crippen LogP) is 3.43. The minimum Gasteiger partial charge on any atom is -0.465 e. The number of benzene rings is 1. The van der Waals surface area contributed by atoms with Crippen molar-refractivity contribution in [3.05, 3.63) is 57.8 Å². The third kappa shape index (κ3) is 6.12. The van der Waals surface area contributed by atoms with Crippen molar-refractivity contribution < 1.29 is 17.9 Å². The molecule has 1 unspecified atom stereocenters. The highest BCUT2D eigenvalue weighted by atomic mass is 32.2. The zero-order valence-corrected chi connectivity index (χ0v) is 18.5. The SMILES string of the molecule is COC(=O)c1cccc(CS(=O)(=O)NCC(c2cccs2)N2CCC(C)CC2)c1. The lowest BCUT2D eigenvalue weighted by atomic mass is 9.97. The van der Waals surface area contributed by atoms with Crippen LogP contribution >= 0.6 is 11.3 Å². The minimum absolute atomic E-state index is 0.0404. The maximum Gasteiger partial charge on any atom is 0.337 e. The van der Waals surface area contributed by atoms with Crippen molar-refractivity contribution in [1.82, 2.24) is 9.62 Å². The quantitative estimate of drug-likeness (QED) is 0.642. The second kappa shape index (κ2) is 9.84. The number of ether oxygens (including phenoxy) is 1. The Morgan fingerprint density at radius 3 is 2.69 bits per heavy atom. The number of nitrogens with zero attached hydrogens (tertiary/aromatic N) is 1. The smallest absolute Gasteiger partial charge is 0.337 e. The van der Waals surface area contributed by atoms with E-state index < -0.39 is 16.0 Å². The van der Waals surface area contributed by atoms with E-state index in [0.29, 0.717) is 23.6 Å². The van der Waals surface area contributed by atoms with Crippen molar-refractivity contribution in [3.63, 3.8) is 0 Å². The summed E-state index contributed by atoms with van der Waals surface area (Å²) in [6.07, 6.45) is 2.27. The third-order valence-electron chi connectivity index (χ3n) is 5.33. The number of nitrogens with one attached hydrogen (secondary N) is 1. The van der Waals surface area contributed by atoms with Crippen LogP contribution in [-0.2, 0) is 20.5 Å². The first-order chi connectivity index (χ1) is 13.9. The molecular weight excluding hydrogens is 408 g/mol.